The molecule has 7 heteroatoms. The number of hydrogen-bond donors (Lipinski definition) is 0. The molecule has 0 fully saturated rings. The molecule has 6 rings (SSSR count). The molecule has 0 saturated carbocycles. The molecule has 4 aromatic rings. The molecule has 0 aliphatic carbocycles. The fraction of sp³-hybridized carbons (Fsp3) is 0.115. The van der Waals surface area contributed by atoms with E-state index >= 15 is 0 Å². The second-order valence-electron chi connectivity index (χ2n) is 8.21. The van der Waals surface area contributed by atoms with Crippen LogP contribution in [0.15, 0.2) is 90.0 Å². The zero-order valence-electron chi connectivity index (χ0n) is 17.4. The highest BCUT2D eigenvalue weighted by Crippen LogP contribution is 2.48. The first-order chi connectivity index (χ1) is 16.1. The van der Waals surface area contributed by atoms with E-state index < -0.39 is 11.2 Å². The molecule has 6 nitrogen and oxygen atoms in total. The molecule has 0 radical (unpaired) electrons. The Kier molecular flexibility index (Phi) is 4.55. The van der Waals surface area contributed by atoms with Gasteiger partial charge in [-0.25, -0.2) is 5.01 Å². The summed E-state index contributed by atoms with van der Waals surface area (Å²) in [4.78, 5) is 10.7. The van der Waals surface area contributed by atoms with E-state index in [9.17, 15) is 10.1 Å². The number of nitrogens with zero attached hydrogens (tertiary/aromatic N) is 3. The van der Waals surface area contributed by atoms with Gasteiger partial charge in [-0.2, -0.15) is 5.10 Å². The minimum atomic E-state index is -0.498. The minimum absolute atomic E-state index is 0.0417. The summed E-state index contributed by atoms with van der Waals surface area (Å²) in [6.45, 7) is 0. The largest absolute Gasteiger partial charge is 0.464 e. The van der Waals surface area contributed by atoms with E-state index in [1.807, 2.05) is 35.3 Å². The zero-order chi connectivity index (χ0) is 22.5. The Morgan fingerprint density at radius 3 is 2.55 bits per heavy atom. The average Bonchev–Trinajstić information content (AvgIpc) is 3.29. The van der Waals surface area contributed by atoms with E-state index in [0.29, 0.717) is 11.4 Å². The Hall–Kier alpha value is -3.90. The topological polar surface area (TPSA) is 68.0 Å². The van der Waals surface area contributed by atoms with Crippen molar-refractivity contribution >= 4 is 33.8 Å². The maximum Gasteiger partial charge on any atom is 0.269 e. The number of nitro benzene ring substituents is 1. The summed E-state index contributed by atoms with van der Waals surface area (Å²) in [5.41, 5.74) is 3.86. The van der Waals surface area contributed by atoms with Gasteiger partial charge >= 0.3 is 0 Å². The van der Waals surface area contributed by atoms with Crippen LogP contribution in [0.2, 0.25) is 5.02 Å². The lowest BCUT2D eigenvalue weighted by atomic mass is 9.95. The van der Waals surface area contributed by atoms with Gasteiger partial charge in [-0.05, 0) is 52.7 Å². The Balaban J connectivity index is 1.43. The monoisotopic (exact) mass is 455 g/mol. The van der Waals surface area contributed by atoms with E-state index in [4.69, 9.17) is 21.4 Å². The molecule has 33 heavy (non-hydrogen) atoms. The van der Waals surface area contributed by atoms with Crippen molar-refractivity contribution in [2.75, 3.05) is 0 Å². The summed E-state index contributed by atoms with van der Waals surface area (Å²) in [6.07, 6.45) is 0.209. The lowest BCUT2D eigenvalue weighted by Crippen LogP contribution is -2.33. The van der Waals surface area contributed by atoms with E-state index in [1.54, 1.807) is 12.1 Å². The standard InChI is InChI=1S/C26H18ClN3O3/c27-20-9-12-25-22(14-20)24-15-23(19-6-5-16-3-1-2-4-18(16)13-19)28-29(24)26(33-25)17-7-10-21(11-8-17)30(31)32/h1-14,24,26H,15H2/t24-,26+/m1/s1. The van der Waals surface area contributed by atoms with Crippen LogP contribution < -0.4 is 4.74 Å². The number of non-ortho nitro benzene ring substituents is 1. The highest BCUT2D eigenvalue weighted by Gasteiger charge is 2.41. The number of benzene rings is 4. The first-order valence-electron chi connectivity index (χ1n) is 10.6. The molecule has 0 unspecified atom stereocenters. The zero-order valence-corrected chi connectivity index (χ0v) is 18.1. The van der Waals surface area contributed by atoms with Crippen LogP contribution in [0.1, 0.15) is 35.4 Å². The van der Waals surface area contributed by atoms with Crippen LogP contribution in [0, 0.1) is 10.1 Å². The SMILES string of the molecule is O=[N+]([O-])c1ccc([C@@H]2Oc3ccc(Cl)cc3[C@H]3CC(c4ccc5ccccc5c4)=NN32)cc1. The Labute approximate surface area is 194 Å². The Morgan fingerprint density at radius 1 is 0.970 bits per heavy atom. The molecule has 4 aromatic carbocycles. The fourth-order valence-electron chi connectivity index (χ4n) is 4.58. The summed E-state index contributed by atoms with van der Waals surface area (Å²) >= 11 is 6.31. The lowest BCUT2D eigenvalue weighted by molar-refractivity contribution is -0.384. The summed E-state index contributed by atoms with van der Waals surface area (Å²) in [6, 6.07) is 26.6. The molecule has 0 saturated heterocycles. The molecule has 0 spiro atoms. The summed E-state index contributed by atoms with van der Waals surface area (Å²) in [5, 5.41) is 21.0. The van der Waals surface area contributed by atoms with Gasteiger partial charge in [0.15, 0.2) is 0 Å². The number of hydrazone groups is 1. The van der Waals surface area contributed by atoms with Crippen LogP contribution in [0.25, 0.3) is 10.8 Å². The first kappa shape index (κ1) is 19.8. The highest BCUT2D eigenvalue weighted by atomic mass is 35.5. The molecule has 2 aliphatic rings. The Morgan fingerprint density at radius 2 is 1.76 bits per heavy atom. The van der Waals surface area contributed by atoms with Crippen molar-refractivity contribution in [2.24, 2.45) is 5.10 Å². The van der Waals surface area contributed by atoms with E-state index in [2.05, 4.69) is 30.3 Å². The molecule has 0 aromatic heterocycles. The molecule has 2 aliphatic heterocycles. The van der Waals surface area contributed by atoms with Crippen LogP contribution in [-0.2, 0) is 0 Å². The summed E-state index contributed by atoms with van der Waals surface area (Å²) in [5.74, 6) is 0.749. The van der Waals surface area contributed by atoms with E-state index in [1.165, 1.54) is 17.5 Å². The van der Waals surface area contributed by atoms with Gasteiger partial charge in [0.05, 0.1) is 16.7 Å². The predicted octanol–water partition coefficient (Wildman–Crippen LogP) is 6.64. The minimum Gasteiger partial charge on any atom is -0.464 e. The van der Waals surface area contributed by atoms with Crippen molar-refractivity contribution in [3.05, 3.63) is 117 Å². The van der Waals surface area contributed by atoms with Crippen LogP contribution in [0.3, 0.4) is 0 Å². The number of nitro groups is 1. The molecule has 0 bridgehead atoms. The van der Waals surface area contributed by atoms with Gasteiger partial charge in [-0.15, -0.1) is 0 Å². The van der Waals surface area contributed by atoms with Crippen molar-refractivity contribution in [3.63, 3.8) is 0 Å². The highest BCUT2D eigenvalue weighted by molar-refractivity contribution is 6.30. The molecule has 0 amide bonds. The first-order valence-corrected chi connectivity index (χ1v) is 11.0. The van der Waals surface area contributed by atoms with Crippen LogP contribution in [-0.4, -0.2) is 15.6 Å². The van der Waals surface area contributed by atoms with E-state index in [0.717, 1.165) is 33.5 Å². The average molecular weight is 456 g/mol. The molecular formula is C26H18ClN3O3. The fourth-order valence-corrected chi connectivity index (χ4v) is 4.76. The maximum absolute atomic E-state index is 11.1. The predicted molar refractivity (Wildman–Crippen MR) is 128 cm³/mol. The van der Waals surface area contributed by atoms with Gasteiger partial charge in [0, 0.05) is 34.7 Å². The third kappa shape index (κ3) is 3.39. The molecular weight excluding hydrogens is 438 g/mol. The summed E-state index contributed by atoms with van der Waals surface area (Å²) in [7, 11) is 0. The third-order valence-corrected chi connectivity index (χ3v) is 6.46. The van der Waals surface area contributed by atoms with Gasteiger partial charge in [-0.1, -0.05) is 48.0 Å². The maximum atomic E-state index is 11.1. The lowest BCUT2D eigenvalue weighted by Gasteiger charge is -2.38. The molecule has 2 heterocycles. The van der Waals surface area contributed by atoms with Gasteiger partial charge < -0.3 is 4.74 Å². The van der Waals surface area contributed by atoms with Gasteiger partial charge in [0.25, 0.3) is 5.69 Å². The smallest absolute Gasteiger partial charge is 0.269 e. The Bertz CT molecular complexity index is 1430. The van der Waals surface area contributed by atoms with E-state index in [-0.39, 0.29) is 11.7 Å². The molecule has 0 N–H and O–H groups in total. The second kappa shape index (κ2) is 7.60. The van der Waals surface area contributed by atoms with Crippen LogP contribution >= 0.6 is 11.6 Å². The van der Waals surface area contributed by atoms with Crippen LogP contribution in [0.5, 0.6) is 5.75 Å². The van der Waals surface area contributed by atoms with Gasteiger partial charge in [-0.3, -0.25) is 10.1 Å². The normalized spacial score (nSPS) is 18.9. The second-order valence-corrected chi connectivity index (χ2v) is 8.65. The number of halogens is 1. The summed E-state index contributed by atoms with van der Waals surface area (Å²) < 4.78 is 6.33. The third-order valence-electron chi connectivity index (χ3n) is 6.22. The number of hydrogen-bond acceptors (Lipinski definition) is 5. The van der Waals surface area contributed by atoms with Gasteiger partial charge in [0.2, 0.25) is 6.23 Å². The van der Waals surface area contributed by atoms with Gasteiger partial charge in [0.1, 0.15) is 5.75 Å². The molecule has 162 valence electrons. The van der Waals surface area contributed by atoms with Crippen molar-refractivity contribution < 1.29 is 9.66 Å². The van der Waals surface area contributed by atoms with Crippen molar-refractivity contribution in [1.29, 1.82) is 0 Å². The number of fused-ring (bicyclic) bond motifs is 4. The molecule has 2 atom stereocenters. The quantitative estimate of drug-likeness (QED) is 0.256. The van der Waals surface area contributed by atoms with Crippen molar-refractivity contribution in [3.8, 4) is 5.75 Å². The number of ether oxygens (including phenoxy) is 1. The number of rotatable bonds is 3. The van der Waals surface area contributed by atoms with Crippen molar-refractivity contribution in [1.82, 2.24) is 5.01 Å². The van der Waals surface area contributed by atoms with Crippen LogP contribution in [0.4, 0.5) is 5.69 Å². The van der Waals surface area contributed by atoms with Crippen molar-refractivity contribution in [2.45, 2.75) is 18.7 Å².